The molecule has 13 heavy (non-hydrogen) atoms. The number of esters is 1. The van der Waals surface area contributed by atoms with E-state index in [0.29, 0.717) is 6.61 Å². The number of halogens is 1. The molecule has 2 nitrogen and oxygen atoms in total. The molecule has 1 aromatic rings. The topological polar surface area (TPSA) is 26.3 Å². The minimum Gasteiger partial charge on any atom is -0.457 e. The van der Waals surface area contributed by atoms with Gasteiger partial charge in [-0.25, -0.2) is 4.79 Å². The molecule has 0 saturated heterocycles. The van der Waals surface area contributed by atoms with Crippen LogP contribution in [0, 0.1) is 0 Å². The van der Waals surface area contributed by atoms with Gasteiger partial charge in [0.25, 0.3) is 0 Å². The Labute approximate surface area is 85.0 Å². The average Bonchev–Trinajstić information content (AvgIpc) is 2.48. The van der Waals surface area contributed by atoms with E-state index in [9.17, 15) is 4.79 Å². The number of carbonyl (C=O) groups excluding carboxylic acids is 1. The SMILES string of the molecule is CCc1c(Br)ccc2c1COC2=O. The fourth-order valence-electron chi connectivity index (χ4n) is 1.62. The first-order valence-electron chi connectivity index (χ1n) is 4.21. The minimum absolute atomic E-state index is 0.197. The second kappa shape index (κ2) is 3.14. The van der Waals surface area contributed by atoms with Crippen LogP contribution in [0.1, 0.15) is 28.4 Å². The van der Waals surface area contributed by atoms with Gasteiger partial charge in [0.15, 0.2) is 0 Å². The van der Waals surface area contributed by atoms with E-state index in [4.69, 9.17) is 4.74 Å². The molecule has 0 fully saturated rings. The summed E-state index contributed by atoms with van der Waals surface area (Å²) < 4.78 is 6.02. The van der Waals surface area contributed by atoms with Crippen molar-refractivity contribution in [3.8, 4) is 0 Å². The second-order valence-electron chi connectivity index (χ2n) is 2.98. The van der Waals surface area contributed by atoms with Gasteiger partial charge in [0.05, 0.1) is 5.56 Å². The lowest BCUT2D eigenvalue weighted by molar-refractivity contribution is 0.0535. The van der Waals surface area contributed by atoms with Crippen LogP contribution in [0.3, 0.4) is 0 Å². The van der Waals surface area contributed by atoms with E-state index in [0.717, 1.165) is 22.0 Å². The maximum Gasteiger partial charge on any atom is 0.338 e. The summed E-state index contributed by atoms with van der Waals surface area (Å²) in [7, 11) is 0. The van der Waals surface area contributed by atoms with Crippen LogP contribution in [0.2, 0.25) is 0 Å². The zero-order valence-electron chi connectivity index (χ0n) is 7.26. The molecule has 0 unspecified atom stereocenters. The lowest BCUT2D eigenvalue weighted by Crippen LogP contribution is -1.95. The molecule has 1 aliphatic rings. The Kier molecular flexibility index (Phi) is 2.12. The van der Waals surface area contributed by atoms with E-state index in [1.807, 2.05) is 12.1 Å². The normalized spacial score (nSPS) is 14.2. The summed E-state index contributed by atoms with van der Waals surface area (Å²) >= 11 is 3.46. The van der Waals surface area contributed by atoms with Gasteiger partial charge in [-0.3, -0.25) is 0 Å². The Balaban J connectivity index is 2.64. The molecule has 0 saturated carbocycles. The van der Waals surface area contributed by atoms with Crippen molar-refractivity contribution in [1.29, 1.82) is 0 Å². The molecule has 0 N–H and O–H groups in total. The molecule has 3 heteroatoms. The number of fused-ring (bicyclic) bond motifs is 1. The van der Waals surface area contributed by atoms with E-state index >= 15 is 0 Å². The van der Waals surface area contributed by atoms with Crippen molar-refractivity contribution in [3.63, 3.8) is 0 Å². The maximum atomic E-state index is 11.2. The van der Waals surface area contributed by atoms with Crippen molar-refractivity contribution in [2.24, 2.45) is 0 Å². The van der Waals surface area contributed by atoms with Gasteiger partial charge < -0.3 is 4.74 Å². The lowest BCUT2D eigenvalue weighted by atomic mass is 10.0. The van der Waals surface area contributed by atoms with Gasteiger partial charge in [-0.05, 0) is 24.1 Å². The summed E-state index contributed by atoms with van der Waals surface area (Å²) in [5.41, 5.74) is 2.95. The Morgan fingerprint density at radius 2 is 2.31 bits per heavy atom. The molecule has 68 valence electrons. The molecular formula is C10H9BrO2. The molecule has 0 amide bonds. The number of cyclic esters (lactones) is 1. The van der Waals surface area contributed by atoms with Crippen LogP contribution in [0.4, 0.5) is 0 Å². The standard InChI is InChI=1S/C10H9BrO2/c1-2-6-8-5-13-10(12)7(8)3-4-9(6)11/h3-4H,2,5H2,1H3. The van der Waals surface area contributed by atoms with E-state index in [1.54, 1.807) is 0 Å². The summed E-state index contributed by atoms with van der Waals surface area (Å²) in [6.45, 7) is 2.50. The van der Waals surface area contributed by atoms with E-state index in [2.05, 4.69) is 22.9 Å². The van der Waals surface area contributed by atoms with Crippen molar-refractivity contribution in [3.05, 3.63) is 33.3 Å². The van der Waals surface area contributed by atoms with Crippen molar-refractivity contribution >= 4 is 21.9 Å². The second-order valence-corrected chi connectivity index (χ2v) is 3.84. The van der Waals surface area contributed by atoms with Gasteiger partial charge in [0.2, 0.25) is 0 Å². The molecular weight excluding hydrogens is 232 g/mol. The van der Waals surface area contributed by atoms with Crippen LogP contribution < -0.4 is 0 Å². The lowest BCUT2D eigenvalue weighted by Gasteiger charge is -2.05. The van der Waals surface area contributed by atoms with Gasteiger partial charge in [0.1, 0.15) is 6.61 Å². The van der Waals surface area contributed by atoms with Gasteiger partial charge in [-0.15, -0.1) is 0 Å². The third kappa shape index (κ3) is 1.27. The number of benzene rings is 1. The molecule has 1 aliphatic heterocycles. The predicted molar refractivity (Wildman–Crippen MR) is 52.6 cm³/mol. The number of rotatable bonds is 1. The van der Waals surface area contributed by atoms with E-state index in [1.165, 1.54) is 5.56 Å². The minimum atomic E-state index is -0.197. The van der Waals surface area contributed by atoms with Gasteiger partial charge in [-0.1, -0.05) is 22.9 Å². The summed E-state index contributed by atoms with van der Waals surface area (Å²) in [6, 6.07) is 3.72. The Morgan fingerprint density at radius 1 is 1.54 bits per heavy atom. The maximum absolute atomic E-state index is 11.2. The summed E-state index contributed by atoms with van der Waals surface area (Å²) in [4.78, 5) is 11.2. The third-order valence-electron chi connectivity index (χ3n) is 2.30. The van der Waals surface area contributed by atoms with Gasteiger partial charge in [0, 0.05) is 10.0 Å². The zero-order valence-corrected chi connectivity index (χ0v) is 8.85. The smallest absolute Gasteiger partial charge is 0.338 e. The van der Waals surface area contributed by atoms with Crippen LogP contribution in [0.25, 0.3) is 0 Å². The Hall–Kier alpha value is -0.830. The monoisotopic (exact) mass is 240 g/mol. The highest BCUT2D eigenvalue weighted by molar-refractivity contribution is 9.10. The summed E-state index contributed by atoms with van der Waals surface area (Å²) in [6.07, 6.45) is 0.917. The highest BCUT2D eigenvalue weighted by Crippen LogP contribution is 2.29. The van der Waals surface area contributed by atoms with Crippen molar-refractivity contribution in [2.75, 3.05) is 0 Å². The van der Waals surface area contributed by atoms with Gasteiger partial charge >= 0.3 is 5.97 Å². The van der Waals surface area contributed by atoms with E-state index < -0.39 is 0 Å². The molecule has 0 atom stereocenters. The molecule has 0 bridgehead atoms. The highest BCUT2D eigenvalue weighted by atomic mass is 79.9. The van der Waals surface area contributed by atoms with Crippen molar-refractivity contribution in [2.45, 2.75) is 20.0 Å². The van der Waals surface area contributed by atoms with Crippen LogP contribution in [0.5, 0.6) is 0 Å². The van der Waals surface area contributed by atoms with Crippen LogP contribution in [-0.2, 0) is 17.8 Å². The van der Waals surface area contributed by atoms with E-state index in [-0.39, 0.29) is 5.97 Å². The molecule has 0 aromatic heterocycles. The molecule has 1 aromatic carbocycles. The highest BCUT2D eigenvalue weighted by Gasteiger charge is 2.24. The fraction of sp³-hybridized carbons (Fsp3) is 0.300. The molecule has 0 aliphatic carbocycles. The number of hydrogen-bond donors (Lipinski definition) is 0. The largest absolute Gasteiger partial charge is 0.457 e. The first-order valence-corrected chi connectivity index (χ1v) is 5.00. The third-order valence-corrected chi connectivity index (χ3v) is 3.04. The molecule has 0 radical (unpaired) electrons. The van der Waals surface area contributed by atoms with Crippen molar-refractivity contribution < 1.29 is 9.53 Å². The van der Waals surface area contributed by atoms with Gasteiger partial charge in [-0.2, -0.15) is 0 Å². The summed E-state index contributed by atoms with van der Waals surface area (Å²) in [5.74, 6) is -0.197. The van der Waals surface area contributed by atoms with Crippen LogP contribution in [-0.4, -0.2) is 5.97 Å². The molecule has 1 heterocycles. The fourth-order valence-corrected chi connectivity index (χ4v) is 2.27. The molecule has 0 spiro atoms. The quantitative estimate of drug-likeness (QED) is 0.706. The number of hydrogen-bond acceptors (Lipinski definition) is 2. The summed E-state index contributed by atoms with van der Waals surface area (Å²) in [5, 5.41) is 0. The van der Waals surface area contributed by atoms with Crippen LogP contribution in [0.15, 0.2) is 16.6 Å². The first-order chi connectivity index (χ1) is 6.24. The zero-order chi connectivity index (χ0) is 9.42. The first kappa shape index (κ1) is 8.75. The Bertz CT molecular complexity index is 371. The van der Waals surface area contributed by atoms with Crippen molar-refractivity contribution in [1.82, 2.24) is 0 Å². The number of carbonyl (C=O) groups is 1. The van der Waals surface area contributed by atoms with Crippen LogP contribution >= 0.6 is 15.9 Å². The molecule has 2 rings (SSSR count). The Morgan fingerprint density at radius 3 is 3.00 bits per heavy atom. The average molecular weight is 241 g/mol. The predicted octanol–water partition coefficient (Wildman–Crippen LogP) is 2.68. The number of ether oxygens (including phenoxy) is 1.